The number of furan rings is 1. The molecular formula is C13H10Cl2N2O3. The molecule has 0 unspecified atom stereocenters. The highest BCUT2D eigenvalue weighted by atomic mass is 35.5. The minimum atomic E-state index is -0.427. The molecule has 1 aromatic carbocycles. The fourth-order valence-corrected chi connectivity index (χ4v) is 1.65. The van der Waals surface area contributed by atoms with Crippen molar-refractivity contribution in [3.63, 3.8) is 0 Å². The van der Waals surface area contributed by atoms with E-state index in [0.717, 1.165) is 0 Å². The number of nitrogens with one attached hydrogen (secondary N) is 1. The number of rotatable bonds is 5. The van der Waals surface area contributed by atoms with Crippen LogP contribution in [0, 0.1) is 0 Å². The van der Waals surface area contributed by atoms with Gasteiger partial charge in [0, 0.05) is 0 Å². The minimum Gasteiger partial charge on any atom is -0.482 e. The molecule has 0 spiro atoms. The molecule has 5 nitrogen and oxygen atoms in total. The van der Waals surface area contributed by atoms with E-state index in [1.807, 2.05) is 0 Å². The lowest BCUT2D eigenvalue weighted by molar-refractivity contribution is -0.123. The average molecular weight is 313 g/mol. The van der Waals surface area contributed by atoms with E-state index in [4.69, 9.17) is 32.4 Å². The summed E-state index contributed by atoms with van der Waals surface area (Å²) < 4.78 is 10.3. The fraction of sp³-hybridized carbons (Fsp3) is 0.0769. The number of hydrogen-bond donors (Lipinski definition) is 1. The van der Waals surface area contributed by atoms with Gasteiger partial charge in [0.2, 0.25) is 0 Å². The van der Waals surface area contributed by atoms with E-state index in [1.165, 1.54) is 12.5 Å². The third-order valence-corrected chi connectivity index (χ3v) is 3.00. The summed E-state index contributed by atoms with van der Waals surface area (Å²) in [5, 5.41) is 4.34. The number of benzene rings is 1. The quantitative estimate of drug-likeness (QED) is 0.681. The predicted octanol–water partition coefficient (Wildman–Crippen LogP) is 3.12. The van der Waals surface area contributed by atoms with Crippen LogP contribution in [0.15, 0.2) is 46.1 Å². The molecule has 7 heteroatoms. The number of carbonyl (C=O) groups is 1. The maximum absolute atomic E-state index is 11.5. The van der Waals surface area contributed by atoms with E-state index in [9.17, 15) is 4.79 Å². The molecule has 0 saturated heterocycles. The molecule has 0 radical (unpaired) electrons. The van der Waals surface area contributed by atoms with Crippen molar-refractivity contribution in [2.45, 2.75) is 0 Å². The maximum atomic E-state index is 11.5. The first-order valence-corrected chi connectivity index (χ1v) is 6.34. The van der Waals surface area contributed by atoms with Gasteiger partial charge in [-0.3, -0.25) is 4.79 Å². The summed E-state index contributed by atoms with van der Waals surface area (Å²) in [4.78, 5) is 11.5. The number of ether oxygens (including phenoxy) is 1. The van der Waals surface area contributed by atoms with Crippen LogP contribution in [0.3, 0.4) is 0 Å². The van der Waals surface area contributed by atoms with Crippen molar-refractivity contribution in [1.82, 2.24) is 5.43 Å². The molecule has 1 aromatic heterocycles. The van der Waals surface area contributed by atoms with E-state index >= 15 is 0 Å². The molecule has 1 N–H and O–H groups in total. The number of amides is 1. The largest absolute Gasteiger partial charge is 0.482 e. The lowest BCUT2D eigenvalue weighted by atomic mass is 10.3. The average Bonchev–Trinajstić information content (AvgIpc) is 2.94. The highest BCUT2D eigenvalue weighted by molar-refractivity contribution is 6.42. The van der Waals surface area contributed by atoms with E-state index in [1.54, 1.807) is 30.3 Å². The Morgan fingerprint density at radius 3 is 2.95 bits per heavy atom. The van der Waals surface area contributed by atoms with Gasteiger partial charge in [0.1, 0.15) is 16.5 Å². The van der Waals surface area contributed by atoms with Crippen LogP contribution in [0.2, 0.25) is 10.0 Å². The molecule has 1 heterocycles. The highest BCUT2D eigenvalue weighted by Gasteiger charge is 2.07. The lowest BCUT2D eigenvalue weighted by Crippen LogP contribution is -2.24. The highest BCUT2D eigenvalue weighted by Crippen LogP contribution is 2.31. The van der Waals surface area contributed by atoms with Gasteiger partial charge in [-0.2, -0.15) is 5.10 Å². The van der Waals surface area contributed by atoms with Crippen molar-refractivity contribution in [2.75, 3.05) is 6.61 Å². The number of nitrogens with zero attached hydrogens (tertiary/aromatic N) is 1. The van der Waals surface area contributed by atoms with Crippen LogP contribution in [0.25, 0.3) is 0 Å². The van der Waals surface area contributed by atoms with Gasteiger partial charge in [-0.05, 0) is 24.3 Å². The third-order valence-electron chi connectivity index (χ3n) is 2.20. The van der Waals surface area contributed by atoms with E-state index in [-0.39, 0.29) is 11.6 Å². The molecule has 0 saturated carbocycles. The van der Waals surface area contributed by atoms with E-state index in [0.29, 0.717) is 16.5 Å². The Labute approximate surface area is 125 Å². The summed E-state index contributed by atoms with van der Waals surface area (Å²) in [5.41, 5.74) is 2.29. The first-order chi connectivity index (χ1) is 9.66. The Morgan fingerprint density at radius 1 is 1.35 bits per heavy atom. The van der Waals surface area contributed by atoms with Crippen molar-refractivity contribution < 1.29 is 13.9 Å². The number of hydrazone groups is 1. The topological polar surface area (TPSA) is 63.8 Å². The molecule has 0 aliphatic heterocycles. The standard InChI is InChI=1S/C13H10Cl2N2O3/c14-10-4-1-5-11(13(10)15)20-8-12(18)17-16-7-9-3-2-6-19-9/h1-7H,8H2,(H,17,18). The first-order valence-electron chi connectivity index (χ1n) is 5.59. The Bertz CT molecular complexity index is 612. The van der Waals surface area contributed by atoms with E-state index < -0.39 is 5.91 Å². The molecule has 0 atom stereocenters. The maximum Gasteiger partial charge on any atom is 0.277 e. The van der Waals surface area contributed by atoms with Crippen LogP contribution < -0.4 is 10.2 Å². The molecule has 0 aliphatic rings. The monoisotopic (exact) mass is 312 g/mol. The molecule has 2 rings (SSSR count). The van der Waals surface area contributed by atoms with Crippen LogP contribution >= 0.6 is 23.2 Å². The Balaban J connectivity index is 1.82. The van der Waals surface area contributed by atoms with Crippen LogP contribution in [-0.2, 0) is 4.79 Å². The SMILES string of the molecule is O=C(COc1cccc(Cl)c1Cl)NN=Cc1ccco1. The second-order valence-corrected chi connectivity index (χ2v) is 4.43. The van der Waals surface area contributed by atoms with Gasteiger partial charge in [-0.15, -0.1) is 0 Å². The minimum absolute atomic E-state index is 0.227. The van der Waals surface area contributed by atoms with Crippen molar-refractivity contribution in [1.29, 1.82) is 0 Å². The second-order valence-electron chi connectivity index (χ2n) is 3.65. The van der Waals surface area contributed by atoms with Crippen molar-refractivity contribution >= 4 is 35.3 Å². The molecule has 0 aliphatic carbocycles. The Morgan fingerprint density at radius 2 is 2.20 bits per heavy atom. The summed E-state index contributed by atoms with van der Waals surface area (Å²) in [6.07, 6.45) is 2.89. The van der Waals surface area contributed by atoms with Gasteiger partial charge in [-0.1, -0.05) is 29.3 Å². The molecule has 0 fully saturated rings. The molecular weight excluding hydrogens is 303 g/mol. The summed E-state index contributed by atoms with van der Waals surface area (Å²) in [6.45, 7) is -0.227. The van der Waals surface area contributed by atoms with Gasteiger partial charge in [0.05, 0.1) is 17.5 Å². The van der Waals surface area contributed by atoms with Crippen molar-refractivity contribution in [2.24, 2.45) is 5.10 Å². The molecule has 1 amide bonds. The van der Waals surface area contributed by atoms with Gasteiger partial charge in [0.25, 0.3) is 5.91 Å². The Hall–Kier alpha value is -1.98. The molecule has 20 heavy (non-hydrogen) atoms. The number of carbonyl (C=O) groups excluding carboxylic acids is 1. The van der Waals surface area contributed by atoms with E-state index in [2.05, 4.69) is 10.5 Å². The fourth-order valence-electron chi connectivity index (χ4n) is 1.30. The van der Waals surface area contributed by atoms with Crippen LogP contribution in [0.1, 0.15) is 5.76 Å². The third kappa shape index (κ3) is 4.01. The smallest absolute Gasteiger partial charge is 0.277 e. The second kappa shape index (κ2) is 6.98. The van der Waals surface area contributed by atoms with Crippen molar-refractivity contribution in [3.8, 4) is 5.75 Å². The predicted molar refractivity (Wildman–Crippen MR) is 76.4 cm³/mol. The molecule has 104 valence electrons. The molecule has 0 bridgehead atoms. The summed E-state index contributed by atoms with van der Waals surface area (Å²) in [5.74, 6) is 0.442. The van der Waals surface area contributed by atoms with Crippen molar-refractivity contribution in [3.05, 3.63) is 52.4 Å². The van der Waals surface area contributed by atoms with Gasteiger partial charge in [0.15, 0.2) is 6.61 Å². The Kier molecular flexibility index (Phi) is 5.03. The molecule has 2 aromatic rings. The summed E-state index contributed by atoms with van der Waals surface area (Å²) in [7, 11) is 0. The normalized spacial score (nSPS) is 10.7. The zero-order chi connectivity index (χ0) is 14.4. The zero-order valence-corrected chi connectivity index (χ0v) is 11.7. The van der Waals surface area contributed by atoms with Crippen LogP contribution in [0.4, 0.5) is 0 Å². The van der Waals surface area contributed by atoms with Gasteiger partial charge >= 0.3 is 0 Å². The summed E-state index contributed by atoms with van der Waals surface area (Å²) in [6, 6.07) is 8.35. The summed E-state index contributed by atoms with van der Waals surface area (Å²) >= 11 is 11.7. The zero-order valence-electron chi connectivity index (χ0n) is 10.2. The van der Waals surface area contributed by atoms with Gasteiger partial charge < -0.3 is 9.15 Å². The first kappa shape index (κ1) is 14.4. The van der Waals surface area contributed by atoms with Gasteiger partial charge in [-0.25, -0.2) is 5.43 Å². The van der Waals surface area contributed by atoms with Crippen LogP contribution in [-0.4, -0.2) is 18.7 Å². The van der Waals surface area contributed by atoms with Crippen LogP contribution in [0.5, 0.6) is 5.75 Å². The number of halogens is 2. The number of hydrogen-bond acceptors (Lipinski definition) is 4. The lowest BCUT2D eigenvalue weighted by Gasteiger charge is -2.07.